The molecule has 0 saturated carbocycles. The second-order valence-electron chi connectivity index (χ2n) is 5.70. The number of rotatable bonds is 17. The van der Waals surface area contributed by atoms with Crippen molar-refractivity contribution in [2.45, 2.75) is 77.7 Å². The van der Waals surface area contributed by atoms with Gasteiger partial charge in [-0.3, -0.25) is 4.18 Å². The second-order valence-corrected chi connectivity index (χ2v) is 6.71. The molecule has 0 fully saturated rings. The summed E-state index contributed by atoms with van der Waals surface area (Å²) in [5.41, 5.74) is 0. The van der Waals surface area contributed by atoms with Gasteiger partial charge in [-0.2, -0.15) is 0 Å². The Hall–Kier alpha value is 0.790. The minimum atomic E-state index is -4.66. The monoisotopic (exact) mass is 376 g/mol. The van der Waals surface area contributed by atoms with Crippen LogP contribution >= 0.6 is 0 Å². The maximum absolute atomic E-state index is 10.5. The number of hydrogen-bond donors (Lipinski definition) is 0. The molecule has 0 aromatic heterocycles. The predicted octanol–water partition coefficient (Wildman–Crippen LogP) is 0.420. The molecule has 0 saturated heterocycles. The number of hydrogen-bond acceptors (Lipinski definition) is 6. The third-order valence-corrected chi connectivity index (χ3v) is 4.04. The van der Waals surface area contributed by atoms with E-state index in [0.29, 0.717) is 19.6 Å². The van der Waals surface area contributed by atoms with Crippen molar-refractivity contribution in [3.63, 3.8) is 0 Å². The summed E-state index contributed by atoms with van der Waals surface area (Å²) in [4.78, 5) is 0. The Balaban J connectivity index is 0. The molecule has 0 aliphatic heterocycles. The van der Waals surface area contributed by atoms with Gasteiger partial charge in [-0.05, 0) is 12.8 Å². The Morgan fingerprint density at radius 2 is 1.38 bits per heavy atom. The molecule has 8 heteroatoms. The first-order chi connectivity index (χ1) is 11.0. The van der Waals surface area contributed by atoms with Crippen LogP contribution in [0.5, 0.6) is 0 Å². The fourth-order valence-electron chi connectivity index (χ4n) is 2.15. The van der Waals surface area contributed by atoms with Crippen LogP contribution in [0, 0.1) is 0 Å². The van der Waals surface area contributed by atoms with E-state index in [-0.39, 0.29) is 36.2 Å². The summed E-state index contributed by atoms with van der Waals surface area (Å²) >= 11 is 0. The van der Waals surface area contributed by atoms with Gasteiger partial charge in [0.1, 0.15) is 0 Å². The zero-order valence-electron chi connectivity index (χ0n) is 15.6. The molecular weight excluding hydrogens is 343 g/mol. The molecule has 0 aliphatic rings. The molecule has 0 bridgehead atoms. The average Bonchev–Trinajstić information content (AvgIpc) is 2.49. The van der Waals surface area contributed by atoms with Gasteiger partial charge in [-0.1, -0.05) is 58.8 Å². The molecule has 0 spiro atoms. The SMILES string of the molecule is CCCCCCCCCCOCCOCC(CC)OS(=O)(=O)[O-].[Na+]. The summed E-state index contributed by atoms with van der Waals surface area (Å²) in [6.07, 6.45) is 9.82. The van der Waals surface area contributed by atoms with E-state index in [1.165, 1.54) is 44.9 Å². The molecule has 0 aromatic carbocycles. The summed E-state index contributed by atoms with van der Waals surface area (Å²) in [6.45, 7) is 5.60. The van der Waals surface area contributed by atoms with Gasteiger partial charge in [0.15, 0.2) is 0 Å². The summed E-state index contributed by atoms with van der Waals surface area (Å²) in [5.74, 6) is 0. The minimum Gasteiger partial charge on any atom is -0.726 e. The second kappa shape index (κ2) is 18.6. The predicted molar refractivity (Wildman–Crippen MR) is 89.1 cm³/mol. The van der Waals surface area contributed by atoms with E-state index < -0.39 is 16.5 Å². The van der Waals surface area contributed by atoms with Crippen molar-refractivity contribution < 1.29 is 56.2 Å². The van der Waals surface area contributed by atoms with Gasteiger partial charge in [0.25, 0.3) is 0 Å². The summed E-state index contributed by atoms with van der Waals surface area (Å²) in [7, 11) is -4.66. The van der Waals surface area contributed by atoms with Crippen LogP contribution in [0.25, 0.3) is 0 Å². The van der Waals surface area contributed by atoms with E-state index in [2.05, 4.69) is 11.1 Å². The number of ether oxygens (including phenoxy) is 2. The van der Waals surface area contributed by atoms with E-state index in [0.717, 1.165) is 13.0 Å². The van der Waals surface area contributed by atoms with Crippen molar-refractivity contribution in [1.82, 2.24) is 0 Å². The fraction of sp³-hybridized carbons (Fsp3) is 1.00. The van der Waals surface area contributed by atoms with Crippen LogP contribution in [-0.4, -0.2) is 45.5 Å². The Kier molecular flexibility index (Phi) is 20.9. The molecule has 0 amide bonds. The van der Waals surface area contributed by atoms with Crippen LogP contribution in [-0.2, 0) is 24.1 Å². The Bertz CT molecular complexity index is 350. The standard InChI is InChI=1S/C16H34O6S.Na/c1-3-5-6-7-8-9-10-11-12-20-13-14-21-15-16(4-2)22-23(17,18)19;/h16H,3-15H2,1-2H3,(H,17,18,19);/q;+1/p-1. The number of unbranched alkanes of at least 4 members (excludes halogenated alkanes) is 7. The van der Waals surface area contributed by atoms with E-state index in [1.807, 2.05) is 0 Å². The van der Waals surface area contributed by atoms with Crippen LogP contribution in [0.2, 0.25) is 0 Å². The zero-order valence-corrected chi connectivity index (χ0v) is 18.4. The summed E-state index contributed by atoms with van der Waals surface area (Å²) < 4.78 is 46.5. The molecule has 0 rings (SSSR count). The largest absolute Gasteiger partial charge is 1.00 e. The summed E-state index contributed by atoms with van der Waals surface area (Å²) in [5, 5.41) is 0. The third kappa shape index (κ3) is 20.8. The van der Waals surface area contributed by atoms with Gasteiger partial charge in [0.2, 0.25) is 10.4 Å². The normalized spacial score (nSPS) is 12.8. The van der Waals surface area contributed by atoms with Gasteiger partial charge in [-0.15, -0.1) is 0 Å². The van der Waals surface area contributed by atoms with Crippen LogP contribution in [0.4, 0.5) is 0 Å². The Morgan fingerprint density at radius 1 is 0.833 bits per heavy atom. The van der Waals surface area contributed by atoms with Crippen LogP contribution in [0.3, 0.4) is 0 Å². The van der Waals surface area contributed by atoms with Crippen LogP contribution in [0.15, 0.2) is 0 Å². The van der Waals surface area contributed by atoms with Crippen molar-refractivity contribution in [2.75, 3.05) is 26.4 Å². The molecule has 1 atom stereocenters. The molecule has 0 radical (unpaired) electrons. The quantitative estimate of drug-likeness (QED) is 0.158. The van der Waals surface area contributed by atoms with Crippen molar-refractivity contribution in [3.05, 3.63) is 0 Å². The van der Waals surface area contributed by atoms with Crippen molar-refractivity contribution >= 4 is 10.4 Å². The van der Waals surface area contributed by atoms with Gasteiger partial charge in [0.05, 0.1) is 25.9 Å². The van der Waals surface area contributed by atoms with Crippen LogP contribution < -0.4 is 29.6 Å². The zero-order chi connectivity index (χ0) is 17.4. The van der Waals surface area contributed by atoms with Gasteiger partial charge < -0.3 is 14.0 Å². The fourth-order valence-corrected chi connectivity index (χ4v) is 2.68. The molecule has 0 aromatic rings. The Morgan fingerprint density at radius 3 is 1.92 bits per heavy atom. The molecular formula is C16H33NaO6S. The minimum absolute atomic E-state index is 0. The first kappa shape index (κ1) is 27.0. The molecule has 140 valence electrons. The molecule has 1 unspecified atom stereocenters. The molecule has 0 N–H and O–H groups in total. The van der Waals surface area contributed by atoms with Crippen molar-refractivity contribution in [2.24, 2.45) is 0 Å². The molecule has 0 heterocycles. The van der Waals surface area contributed by atoms with Crippen molar-refractivity contribution in [1.29, 1.82) is 0 Å². The molecule has 0 aliphatic carbocycles. The first-order valence-electron chi connectivity index (χ1n) is 8.79. The maximum atomic E-state index is 10.5. The Labute approximate surface area is 170 Å². The topological polar surface area (TPSA) is 84.9 Å². The molecule has 6 nitrogen and oxygen atoms in total. The van der Waals surface area contributed by atoms with Gasteiger partial charge in [0, 0.05) is 6.61 Å². The van der Waals surface area contributed by atoms with E-state index in [1.54, 1.807) is 6.92 Å². The first-order valence-corrected chi connectivity index (χ1v) is 10.1. The summed E-state index contributed by atoms with van der Waals surface area (Å²) in [6, 6.07) is 0. The van der Waals surface area contributed by atoms with E-state index >= 15 is 0 Å². The van der Waals surface area contributed by atoms with E-state index in [9.17, 15) is 13.0 Å². The maximum Gasteiger partial charge on any atom is 1.00 e. The third-order valence-electron chi connectivity index (χ3n) is 3.53. The van der Waals surface area contributed by atoms with E-state index in [4.69, 9.17) is 9.47 Å². The molecule has 24 heavy (non-hydrogen) atoms. The van der Waals surface area contributed by atoms with Gasteiger partial charge in [-0.25, -0.2) is 8.42 Å². The average molecular weight is 376 g/mol. The van der Waals surface area contributed by atoms with Crippen LogP contribution in [0.1, 0.15) is 71.6 Å². The van der Waals surface area contributed by atoms with Crippen molar-refractivity contribution in [3.8, 4) is 0 Å². The smallest absolute Gasteiger partial charge is 0.726 e. The van der Waals surface area contributed by atoms with Gasteiger partial charge >= 0.3 is 29.6 Å².